The zero-order valence-electron chi connectivity index (χ0n) is 7.01. The maximum absolute atomic E-state index is 11.7. The van der Waals surface area contributed by atoms with Crippen molar-refractivity contribution in [2.75, 3.05) is 6.61 Å². The molecule has 0 saturated heterocycles. The molecular formula is C8H7ClF3NO. The third-order valence-electron chi connectivity index (χ3n) is 1.35. The summed E-state index contributed by atoms with van der Waals surface area (Å²) in [6, 6.07) is 2.81. The summed E-state index contributed by atoms with van der Waals surface area (Å²) in [7, 11) is 0. The quantitative estimate of drug-likeness (QED) is 0.738. The maximum Gasteiger partial charge on any atom is 0.392 e. The van der Waals surface area contributed by atoms with Gasteiger partial charge in [0.2, 0.25) is 0 Å². The Hall–Kier alpha value is -0.970. The summed E-state index contributed by atoms with van der Waals surface area (Å²) in [4.78, 5) is 3.66. The van der Waals surface area contributed by atoms with Crippen LogP contribution in [-0.4, -0.2) is 17.8 Å². The predicted molar refractivity (Wildman–Crippen MR) is 45.4 cm³/mol. The average Bonchev–Trinajstić information content (AvgIpc) is 2.01. The zero-order valence-corrected chi connectivity index (χ0v) is 7.77. The van der Waals surface area contributed by atoms with Crippen LogP contribution in [0.25, 0.3) is 0 Å². The van der Waals surface area contributed by atoms with Crippen molar-refractivity contribution >= 4 is 11.6 Å². The number of ether oxygens (including phenoxy) is 1. The second kappa shape index (κ2) is 4.50. The van der Waals surface area contributed by atoms with Crippen LogP contribution >= 0.6 is 11.6 Å². The van der Waals surface area contributed by atoms with Gasteiger partial charge in [-0.2, -0.15) is 13.2 Å². The lowest BCUT2D eigenvalue weighted by Gasteiger charge is -2.08. The zero-order chi connectivity index (χ0) is 10.6. The standard InChI is InChI=1S/C8H7ClF3NO/c9-7-5-6(1-3-13-7)14-4-2-8(10,11)12/h1,3,5H,2,4H2. The summed E-state index contributed by atoms with van der Waals surface area (Å²) in [5, 5.41) is 0.189. The minimum absolute atomic E-state index is 0.189. The smallest absolute Gasteiger partial charge is 0.392 e. The first-order valence-corrected chi connectivity index (χ1v) is 4.16. The molecule has 1 heterocycles. The Morgan fingerprint density at radius 1 is 1.43 bits per heavy atom. The van der Waals surface area contributed by atoms with Crippen LogP contribution in [0.1, 0.15) is 6.42 Å². The number of hydrogen-bond donors (Lipinski definition) is 0. The van der Waals surface area contributed by atoms with E-state index in [1.165, 1.54) is 18.3 Å². The van der Waals surface area contributed by atoms with Gasteiger partial charge in [-0.15, -0.1) is 0 Å². The van der Waals surface area contributed by atoms with E-state index in [4.69, 9.17) is 16.3 Å². The summed E-state index contributed by atoms with van der Waals surface area (Å²) in [6.07, 6.45) is -3.81. The van der Waals surface area contributed by atoms with Crippen LogP contribution in [0.2, 0.25) is 5.15 Å². The lowest BCUT2D eigenvalue weighted by Crippen LogP contribution is -2.12. The molecule has 0 amide bonds. The molecule has 0 bridgehead atoms. The van der Waals surface area contributed by atoms with E-state index in [9.17, 15) is 13.2 Å². The van der Waals surface area contributed by atoms with Crippen molar-refractivity contribution in [2.24, 2.45) is 0 Å². The van der Waals surface area contributed by atoms with Crippen molar-refractivity contribution in [1.29, 1.82) is 0 Å². The molecule has 1 aromatic heterocycles. The normalized spacial score (nSPS) is 11.4. The average molecular weight is 226 g/mol. The molecule has 14 heavy (non-hydrogen) atoms. The maximum atomic E-state index is 11.7. The Labute approximate surface area is 83.7 Å². The Balaban J connectivity index is 2.39. The third kappa shape index (κ3) is 4.32. The van der Waals surface area contributed by atoms with Gasteiger partial charge >= 0.3 is 6.18 Å². The number of rotatable bonds is 3. The summed E-state index contributed by atoms with van der Waals surface area (Å²) >= 11 is 5.50. The topological polar surface area (TPSA) is 22.1 Å². The molecule has 0 aromatic carbocycles. The van der Waals surface area contributed by atoms with Gasteiger partial charge in [0.05, 0.1) is 13.0 Å². The molecular weight excluding hydrogens is 219 g/mol. The van der Waals surface area contributed by atoms with Crippen LogP contribution in [0.15, 0.2) is 18.3 Å². The SMILES string of the molecule is FC(F)(F)CCOc1ccnc(Cl)c1. The first kappa shape index (κ1) is 11.1. The first-order chi connectivity index (χ1) is 6.47. The molecule has 1 aromatic rings. The molecule has 78 valence electrons. The van der Waals surface area contributed by atoms with E-state index in [0.717, 1.165) is 0 Å². The minimum atomic E-state index is -4.20. The van der Waals surface area contributed by atoms with Crippen molar-refractivity contribution in [1.82, 2.24) is 4.98 Å². The Morgan fingerprint density at radius 3 is 2.71 bits per heavy atom. The lowest BCUT2D eigenvalue weighted by atomic mass is 10.4. The second-order valence-electron chi connectivity index (χ2n) is 2.53. The fraction of sp³-hybridized carbons (Fsp3) is 0.375. The van der Waals surface area contributed by atoms with Gasteiger partial charge in [-0.3, -0.25) is 0 Å². The largest absolute Gasteiger partial charge is 0.493 e. The molecule has 1 rings (SSSR count). The lowest BCUT2D eigenvalue weighted by molar-refractivity contribution is -0.139. The van der Waals surface area contributed by atoms with Gasteiger partial charge in [0.1, 0.15) is 10.9 Å². The number of halogens is 4. The summed E-state index contributed by atoms with van der Waals surface area (Å²) in [5.74, 6) is 0.286. The molecule has 0 spiro atoms. The van der Waals surface area contributed by atoms with Gasteiger partial charge in [0.25, 0.3) is 0 Å². The first-order valence-electron chi connectivity index (χ1n) is 3.78. The molecule has 0 aliphatic rings. The van der Waals surface area contributed by atoms with Crippen LogP contribution in [0, 0.1) is 0 Å². The second-order valence-corrected chi connectivity index (χ2v) is 2.92. The van der Waals surface area contributed by atoms with Crippen LogP contribution in [0.3, 0.4) is 0 Å². The molecule has 6 heteroatoms. The van der Waals surface area contributed by atoms with E-state index < -0.39 is 19.2 Å². The highest BCUT2D eigenvalue weighted by Gasteiger charge is 2.26. The fourth-order valence-electron chi connectivity index (χ4n) is 0.759. The molecule has 0 atom stereocenters. The van der Waals surface area contributed by atoms with E-state index in [1.807, 2.05) is 0 Å². The van der Waals surface area contributed by atoms with Crippen molar-refractivity contribution in [3.63, 3.8) is 0 Å². The van der Waals surface area contributed by atoms with Crippen LogP contribution in [-0.2, 0) is 0 Å². The summed E-state index contributed by atoms with van der Waals surface area (Å²) in [5.41, 5.74) is 0. The van der Waals surface area contributed by atoms with Gasteiger partial charge in [-0.05, 0) is 6.07 Å². The molecule has 2 nitrogen and oxygen atoms in total. The van der Waals surface area contributed by atoms with Gasteiger partial charge in [0, 0.05) is 12.3 Å². The Bertz CT molecular complexity index is 303. The highest BCUT2D eigenvalue weighted by atomic mass is 35.5. The molecule has 0 fully saturated rings. The van der Waals surface area contributed by atoms with E-state index in [2.05, 4.69) is 4.98 Å². The Kier molecular flexibility index (Phi) is 3.57. The van der Waals surface area contributed by atoms with Crippen molar-refractivity contribution in [2.45, 2.75) is 12.6 Å². The van der Waals surface area contributed by atoms with Gasteiger partial charge < -0.3 is 4.74 Å². The predicted octanol–water partition coefficient (Wildman–Crippen LogP) is 3.07. The third-order valence-corrected chi connectivity index (χ3v) is 1.56. The van der Waals surface area contributed by atoms with Gasteiger partial charge in [-0.1, -0.05) is 11.6 Å². The molecule has 0 aliphatic carbocycles. The monoisotopic (exact) mass is 225 g/mol. The summed E-state index contributed by atoms with van der Waals surface area (Å²) in [6.45, 7) is -0.413. The number of alkyl halides is 3. The van der Waals surface area contributed by atoms with Crippen LogP contribution in [0.4, 0.5) is 13.2 Å². The van der Waals surface area contributed by atoms with Gasteiger partial charge in [-0.25, -0.2) is 4.98 Å². The van der Waals surface area contributed by atoms with E-state index in [-0.39, 0.29) is 10.9 Å². The van der Waals surface area contributed by atoms with Crippen LogP contribution in [0.5, 0.6) is 5.75 Å². The van der Waals surface area contributed by atoms with Crippen LogP contribution < -0.4 is 4.74 Å². The van der Waals surface area contributed by atoms with Crippen molar-refractivity contribution in [3.05, 3.63) is 23.5 Å². The molecule has 0 aliphatic heterocycles. The minimum Gasteiger partial charge on any atom is -0.493 e. The number of aromatic nitrogens is 1. The highest BCUT2D eigenvalue weighted by Crippen LogP contribution is 2.20. The van der Waals surface area contributed by atoms with Crippen molar-refractivity contribution in [3.8, 4) is 5.75 Å². The molecule has 0 N–H and O–H groups in total. The van der Waals surface area contributed by atoms with E-state index in [0.29, 0.717) is 0 Å². The number of hydrogen-bond acceptors (Lipinski definition) is 2. The highest BCUT2D eigenvalue weighted by molar-refractivity contribution is 6.29. The molecule has 0 unspecified atom stereocenters. The fourth-order valence-corrected chi connectivity index (χ4v) is 0.923. The Morgan fingerprint density at radius 2 is 2.14 bits per heavy atom. The van der Waals surface area contributed by atoms with E-state index in [1.54, 1.807) is 0 Å². The molecule has 0 saturated carbocycles. The number of pyridine rings is 1. The molecule has 0 radical (unpaired) electrons. The van der Waals surface area contributed by atoms with Crippen molar-refractivity contribution < 1.29 is 17.9 Å². The van der Waals surface area contributed by atoms with Gasteiger partial charge in [0.15, 0.2) is 0 Å². The number of nitrogens with zero attached hydrogens (tertiary/aromatic N) is 1. The summed E-state index contributed by atoms with van der Waals surface area (Å²) < 4.78 is 40.0. The van der Waals surface area contributed by atoms with E-state index >= 15 is 0 Å².